The van der Waals surface area contributed by atoms with Gasteiger partial charge in [0.25, 0.3) is 0 Å². The molecule has 0 amide bonds. The molecule has 4 aliphatic rings. The van der Waals surface area contributed by atoms with Crippen molar-refractivity contribution in [3.8, 4) is 0 Å². The molecule has 0 aromatic rings. The van der Waals surface area contributed by atoms with Gasteiger partial charge < -0.3 is 57.7 Å². The average Bonchev–Trinajstić information content (AvgIpc) is 3.45. The Morgan fingerprint density at radius 1 is 0.947 bits per heavy atom. The van der Waals surface area contributed by atoms with Gasteiger partial charge in [0.2, 0.25) is 0 Å². The molecule has 3 saturated heterocycles. The molecule has 0 aromatic carbocycles. The molecule has 4 aliphatic heterocycles. The summed E-state index contributed by atoms with van der Waals surface area (Å²) in [6.45, 7) is 23.3. The second kappa shape index (κ2) is 18.5. The number of methoxy groups -OCH3 is 1. The molecule has 0 aliphatic carbocycles. The Balaban J connectivity index is 1.92. The van der Waals surface area contributed by atoms with E-state index in [4.69, 9.17) is 42.6 Å². The fraction of sp³-hybridized carbons (Fsp3) is 0.881. The maximum atomic E-state index is 14.6. The van der Waals surface area contributed by atoms with Crippen LogP contribution < -0.4 is 0 Å². The normalized spacial score (nSPS) is 44.6. The fourth-order valence-electron chi connectivity index (χ4n) is 9.69. The molecule has 3 fully saturated rings. The van der Waals surface area contributed by atoms with Crippen LogP contribution in [0.4, 0.5) is 0 Å². The molecule has 57 heavy (non-hydrogen) atoms. The summed E-state index contributed by atoms with van der Waals surface area (Å²) in [5.74, 6) is -3.79. The first kappa shape index (κ1) is 47.3. The third kappa shape index (κ3) is 9.82. The molecule has 4 heterocycles. The van der Waals surface area contributed by atoms with E-state index in [2.05, 4.69) is 4.90 Å². The van der Waals surface area contributed by atoms with Crippen LogP contribution in [0.2, 0.25) is 0 Å². The van der Waals surface area contributed by atoms with Gasteiger partial charge in [-0.1, -0.05) is 27.7 Å². The van der Waals surface area contributed by atoms with Crippen LogP contribution in [0.5, 0.6) is 0 Å². The number of hydrogen-bond acceptors (Lipinski definition) is 15. The maximum Gasteiger partial charge on any atom is 0.311 e. The number of hydrogen-bond donors (Lipinski definition) is 2. The van der Waals surface area contributed by atoms with Crippen LogP contribution >= 0.6 is 0 Å². The van der Waals surface area contributed by atoms with E-state index < -0.39 is 108 Å². The lowest BCUT2D eigenvalue weighted by Gasteiger charge is -2.48. The molecule has 0 spiro atoms. The van der Waals surface area contributed by atoms with Gasteiger partial charge in [0.1, 0.15) is 35.8 Å². The van der Waals surface area contributed by atoms with E-state index in [1.807, 2.05) is 48.6 Å². The summed E-state index contributed by atoms with van der Waals surface area (Å²) < 4.78 is 57.6. The monoisotopic (exact) mass is 813 g/mol. The Bertz CT molecular complexity index is 1460. The van der Waals surface area contributed by atoms with Gasteiger partial charge in [-0.3, -0.25) is 14.4 Å². The van der Waals surface area contributed by atoms with E-state index in [1.54, 1.807) is 34.6 Å². The van der Waals surface area contributed by atoms with E-state index in [0.29, 0.717) is 25.1 Å². The molecule has 15 nitrogen and oxygen atoms in total. The molecule has 0 radical (unpaired) electrons. The molecule has 0 unspecified atom stereocenters. The number of carbonyl (C=O) groups is 3. The van der Waals surface area contributed by atoms with Crippen LogP contribution in [0.25, 0.3) is 0 Å². The van der Waals surface area contributed by atoms with E-state index in [1.165, 1.54) is 21.0 Å². The van der Waals surface area contributed by atoms with Crippen LogP contribution in [-0.2, 0) is 57.0 Å². The van der Waals surface area contributed by atoms with E-state index >= 15 is 0 Å². The topological polar surface area (TPSA) is 178 Å². The van der Waals surface area contributed by atoms with Gasteiger partial charge in [-0.2, -0.15) is 0 Å². The molecule has 328 valence electrons. The lowest BCUT2D eigenvalue weighted by atomic mass is 9.78. The summed E-state index contributed by atoms with van der Waals surface area (Å²) in [4.78, 5) is 42.3. The Kier molecular flexibility index (Phi) is 15.3. The minimum atomic E-state index is -1.66. The molecule has 0 aromatic heterocycles. The Hall–Kier alpha value is -2.37. The lowest BCUT2D eigenvalue weighted by molar-refractivity contribution is -0.317. The standard InChI is InChI=1S/C42H71NO14/c1-16-30-42(13,56-28(10)45)37(52-27(9)44)23(5)33-21(3)19-41(12,57-33)36(55-39-32(46)29(43(14)17-2)18-22(4)50-39)24(6)34(25(7)38(48)53-30)54-31-20-40(11,49-15)35(47)26(8)51-31/h22-26,29-32,34-37,39,46-47H,16-20H2,1-15H3/t22-,23+,24+,25-,26+,29+,30-,31+,32-,34+,35+,36-,37-,39+,40-,41-,42-/m1/s1. The van der Waals surface area contributed by atoms with Gasteiger partial charge in [-0.25, -0.2) is 0 Å². The summed E-state index contributed by atoms with van der Waals surface area (Å²) in [6.07, 6.45) is -7.72. The van der Waals surface area contributed by atoms with Crippen molar-refractivity contribution in [2.45, 2.75) is 200 Å². The highest BCUT2D eigenvalue weighted by molar-refractivity contribution is 5.73. The predicted octanol–water partition coefficient (Wildman–Crippen LogP) is 4.42. The first-order valence-corrected chi connectivity index (χ1v) is 20.7. The Morgan fingerprint density at radius 2 is 1.60 bits per heavy atom. The summed E-state index contributed by atoms with van der Waals surface area (Å²) in [6, 6.07) is -0.257. The zero-order chi connectivity index (χ0) is 42.9. The highest BCUT2D eigenvalue weighted by Crippen LogP contribution is 2.48. The Labute approximate surface area is 339 Å². The average molecular weight is 814 g/mol. The van der Waals surface area contributed by atoms with Gasteiger partial charge >= 0.3 is 17.9 Å². The van der Waals surface area contributed by atoms with Crippen molar-refractivity contribution in [1.82, 2.24) is 4.90 Å². The minimum Gasteiger partial charge on any atom is -0.488 e. The van der Waals surface area contributed by atoms with E-state index in [9.17, 15) is 24.6 Å². The van der Waals surface area contributed by atoms with Crippen molar-refractivity contribution in [1.29, 1.82) is 0 Å². The lowest BCUT2D eigenvalue weighted by Crippen LogP contribution is -2.60. The predicted molar refractivity (Wildman–Crippen MR) is 207 cm³/mol. The largest absolute Gasteiger partial charge is 0.488 e. The summed E-state index contributed by atoms with van der Waals surface area (Å²) in [7, 11) is 3.47. The van der Waals surface area contributed by atoms with Crippen molar-refractivity contribution < 1.29 is 67.2 Å². The number of nitrogens with zero attached hydrogens (tertiary/aromatic N) is 1. The molecule has 2 N–H and O–H groups in total. The molecular formula is C42H71NO14. The van der Waals surface area contributed by atoms with E-state index in [0.717, 1.165) is 5.57 Å². The molecule has 0 saturated carbocycles. The second-order valence-electron chi connectivity index (χ2n) is 17.6. The summed E-state index contributed by atoms with van der Waals surface area (Å²) in [5, 5.41) is 22.8. The number of carbonyl (C=O) groups excluding carboxylic acids is 3. The smallest absolute Gasteiger partial charge is 0.311 e. The third-order valence-corrected chi connectivity index (χ3v) is 12.9. The summed E-state index contributed by atoms with van der Waals surface area (Å²) >= 11 is 0. The number of aliphatic hydroxyl groups is 2. The molecule has 15 heteroatoms. The highest BCUT2D eigenvalue weighted by atomic mass is 16.7. The van der Waals surface area contributed by atoms with Crippen molar-refractivity contribution in [2.75, 3.05) is 20.7 Å². The van der Waals surface area contributed by atoms with Crippen LogP contribution in [0.1, 0.15) is 116 Å². The van der Waals surface area contributed by atoms with Gasteiger partial charge in [0, 0.05) is 45.8 Å². The number of aliphatic hydroxyl groups excluding tert-OH is 2. The number of cyclic esters (lactones) is 1. The highest BCUT2D eigenvalue weighted by Gasteiger charge is 2.58. The minimum absolute atomic E-state index is 0.140. The first-order chi connectivity index (χ1) is 26.5. The van der Waals surface area contributed by atoms with Crippen LogP contribution in [-0.4, -0.2) is 138 Å². The summed E-state index contributed by atoms with van der Waals surface area (Å²) in [5.41, 5.74) is -2.99. The molecular weight excluding hydrogens is 742 g/mol. The Morgan fingerprint density at radius 3 is 2.16 bits per heavy atom. The van der Waals surface area contributed by atoms with E-state index in [-0.39, 0.29) is 25.0 Å². The molecule has 17 atom stereocenters. The fourth-order valence-corrected chi connectivity index (χ4v) is 9.69. The van der Waals surface area contributed by atoms with Crippen molar-refractivity contribution >= 4 is 17.9 Å². The number of likely N-dealkylation sites (N-methyl/N-ethyl adjacent to an activating group) is 1. The second-order valence-corrected chi connectivity index (χ2v) is 17.6. The third-order valence-electron chi connectivity index (χ3n) is 12.9. The van der Waals surface area contributed by atoms with Gasteiger partial charge in [-0.05, 0) is 80.5 Å². The zero-order valence-electron chi connectivity index (χ0n) is 36.9. The van der Waals surface area contributed by atoms with Gasteiger partial charge in [0.15, 0.2) is 24.3 Å². The van der Waals surface area contributed by atoms with Gasteiger partial charge in [0.05, 0.1) is 35.7 Å². The molecule has 2 bridgehead atoms. The van der Waals surface area contributed by atoms with Crippen LogP contribution in [0.15, 0.2) is 11.3 Å². The maximum absolute atomic E-state index is 14.6. The van der Waals surface area contributed by atoms with Crippen molar-refractivity contribution in [3.63, 3.8) is 0 Å². The SMILES string of the molecule is CC[C@H]1OC(=O)[C@H](C)[C@@H](O[C@H]2C[C@@](C)(OC)[C@@H](O)[C@H](C)O2)[C@H](C)[C@@H](O[C@@H]2O[C@H](C)C[C@H](N(C)CC)[C@H]2O)[C@@]2(C)CC(C)=C(O2)[C@H](C)[C@@H](OC(C)=O)[C@]1(C)OC(C)=O. The van der Waals surface area contributed by atoms with Crippen molar-refractivity contribution in [3.05, 3.63) is 11.3 Å². The number of esters is 3. The molecule has 4 rings (SSSR count). The number of fused-ring (bicyclic) bond motifs is 2. The first-order valence-electron chi connectivity index (χ1n) is 20.7. The van der Waals surface area contributed by atoms with Crippen LogP contribution in [0, 0.1) is 17.8 Å². The van der Waals surface area contributed by atoms with Crippen molar-refractivity contribution in [2.24, 2.45) is 17.8 Å². The number of ether oxygens (including phenoxy) is 9. The zero-order valence-corrected chi connectivity index (χ0v) is 36.9. The van der Waals surface area contributed by atoms with Gasteiger partial charge in [-0.15, -0.1) is 0 Å². The number of rotatable bonds is 10. The van der Waals surface area contributed by atoms with Crippen LogP contribution in [0.3, 0.4) is 0 Å². The quantitative estimate of drug-likeness (QED) is 0.234.